The lowest BCUT2D eigenvalue weighted by atomic mass is 9.60. The lowest BCUT2D eigenvalue weighted by Crippen LogP contribution is -2.52. The van der Waals surface area contributed by atoms with Crippen LogP contribution in [0.1, 0.15) is 79.6 Å². The molecule has 0 unspecified atom stereocenters. The molecule has 0 aromatic carbocycles. The van der Waals surface area contributed by atoms with Crippen LogP contribution in [0.15, 0.2) is 0 Å². The molecule has 24 heavy (non-hydrogen) atoms. The lowest BCUT2D eigenvalue weighted by Gasteiger charge is -2.47. The molecular weight excluding hydrogens is 302 g/mol. The van der Waals surface area contributed by atoms with Crippen molar-refractivity contribution in [2.45, 2.75) is 85.2 Å². The van der Waals surface area contributed by atoms with Gasteiger partial charge in [0, 0.05) is 24.4 Å². The van der Waals surface area contributed by atoms with E-state index in [1.54, 1.807) is 4.90 Å². The summed E-state index contributed by atoms with van der Waals surface area (Å²) in [4.78, 5) is 27.2. The normalized spacial score (nSPS) is 22.5. The number of hydrogen-bond donors (Lipinski definition) is 0. The highest BCUT2D eigenvalue weighted by Crippen LogP contribution is 2.47. The number of ketones is 1. The van der Waals surface area contributed by atoms with E-state index in [0.717, 1.165) is 12.8 Å². The van der Waals surface area contributed by atoms with Crippen LogP contribution in [0.5, 0.6) is 0 Å². The number of hydrogen-bond acceptors (Lipinski definition) is 3. The van der Waals surface area contributed by atoms with E-state index in [0.29, 0.717) is 24.8 Å². The molecule has 4 heteroatoms. The highest BCUT2D eigenvalue weighted by Gasteiger charge is 2.48. The van der Waals surface area contributed by atoms with Gasteiger partial charge in [0.1, 0.15) is 11.4 Å². The summed E-state index contributed by atoms with van der Waals surface area (Å²) in [5, 5.41) is 0. The summed E-state index contributed by atoms with van der Waals surface area (Å²) in [5.41, 5.74) is -0.685. The predicted octanol–water partition coefficient (Wildman–Crippen LogP) is 4.81. The van der Waals surface area contributed by atoms with E-state index >= 15 is 0 Å². The van der Waals surface area contributed by atoms with Crippen LogP contribution in [0.4, 0.5) is 4.79 Å². The van der Waals surface area contributed by atoms with Crippen molar-refractivity contribution in [3.05, 3.63) is 0 Å². The number of Topliss-reactive ketones (excluding diaryl/α,β-unsaturated/α-hetero) is 1. The van der Waals surface area contributed by atoms with E-state index < -0.39 is 5.60 Å². The molecular formula is C20H35NO3. The smallest absolute Gasteiger partial charge is 0.410 e. The van der Waals surface area contributed by atoms with Crippen LogP contribution in [0, 0.1) is 17.3 Å². The first-order valence-electron chi connectivity index (χ1n) is 9.68. The number of piperidine rings is 1. The average molecular weight is 338 g/mol. The first kappa shape index (κ1) is 19.3. The molecule has 1 saturated carbocycles. The van der Waals surface area contributed by atoms with E-state index in [2.05, 4.69) is 0 Å². The molecule has 138 valence electrons. The molecule has 4 nitrogen and oxygen atoms in total. The molecule has 0 radical (unpaired) electrons. The van der Waals surface area contributed by atoms with Gasteiger partial charge in [-0.3, -0.25) is 4.79 Å². The number of ether oxygens (including phenoxy) is 1. The van der Waals surface area contributed by atoms with Crippen LogP contribution in [-0.4, -0.2) is 35.5 Å². The van der Waals surface area contributed by atoms with E-state index in [-0.39, 0.29) is 17.4 Å². The molecule has 0 atom stereocenters. The fourth-order valence-electron chi connectivity index (χ4n) is 4.50. The van der Waals surface area contributed by atoms with Crippen LogP contribution in [-0.2, 0) is 9.53 Å². The Labute approximate surface area is 147 Å². The van der Waals surface area contributed by atoms with Gasteiger partial charge >= 0.3 is 6.09 Å². The molecule has 0 bridgehead atoms. The molecule has 0 spiro atoms. The van der Waals surface area contributed by atoms with Gasteiger partial charge in [-0.15, -0.1) is 0 Å². The minimum absolute atomic E-state index is 0.0694. The summed E-state index contributed by atoms with van der Waals surface area (Å²) in [6.45, 7) is 11.0. The average Bonchev–Trinajstić information content (AvgIpc) is 2.53. The number of likely N-dealkylation sites (tertiary alicyclic amines) is 1. The Morgan fingerprint density at radius 3 is 2.04 bits per heavy atom. The molecule has 1 aliphatic carbocycles. The summed E-state index contributed by atoms with van der Waals surface area (Å²) in [6, 6.07) is 0. The maximum absolute atomic E-state index is 13.1. The van der Waals surface area contributed by atoms with Crippen molar-refractivity contribution in [2.75, 3.05) is 13.1 Å². The van der Waals surface area contributed by atoms with Crippen molar-refractivity contribution >= 4 is 11.9 Å². The van der Waals surface area contributed by atoms with Crippen LogP contribution < -0.4 is 0 Å². The second-order valence-electron chi connectivity index (χ2n) is 8.98. The molecule has 2 fully saturated rings. The molecule has 2 rings (SSSR count). The molecule has 1 heterocycles. The summed E-state index contributed by atoms with van der Waals surface area (Å²) >= 11 is 0. The Balaban J connectivity index is 2.09. The van der Waals surface area contributed by atoms with Crippen molar-refractivity contribution < 1.29 is 14.3 Å². The van der Waals surface area contributed by atoms with Gasteiger partial charge in [-0.1, -0.05) is 33.1 Å². The SMILES string of the molecule is CC(C)C(=O)C1(C2CCCCC2)CCN(C(=O)OC(C)(C)C)CC1. The van der Waals surface area contributed by atoms with Crippen LogP contribution >= 0.6 is 0 Å². The van der Waals surface area contributed by atoms with Gasteiger partial charge in [-0.25, -0.2) is 4.79 Å². The zero-order valence-electron chi connectivity index (χ0n) is 16.2. The van der Waals surface area contributed by atoms with Crippen LogP contribution in [0.25, 0.3) is 0 Å². The lowest BCUT2D eigenvalue weighted by molar-refractivity contribution is -0.140. The third-order valence-corrected chi connectivity index (χ3v) is 5.71. The largest absolute Gasteiger partial charge is 0.444 e. The molecule has 0 N–H and O–H groups in total. The third-order valence-electron chi connectivity index (χ3n) is 5.71. The Morgan fingerprint density at radius 2 is 1.58 bits per heavy atom. The summed E-state index contributed by atoms with van der Waals surface area (Å²) in [5.74, 6) is 0.986. The van der Waals surface area contributed by atoms with Gasteiger partial charge < -0.3 is 9.64 Å². The van der Waals surface area contributed by atoms with Crippen molar-refractivity contribution in [1.82, 2.24) is 4.90 Å². The van der Waals surface area contributed by atoms with E-state index in [9.17, 15) is 9.59 Å². The number of amides is 1. The fourth-order valence-corrected chi connectivity index (χ4v) is 4.50. The van der Waals surface area contributed by atoms with Gasteiger partial charge in [-0.2, -0.15) is 0 Å². The first-order valence-corrected chi connectivity index (χ1v) is 9.68. The van der Waals surface area contributed by atoms with Crippen molar-refractivity contribution in [3.63, 3.8) is 0 Å². The second-order valence-corrected chi connectivity index (χ2v) is 8.98. The Bertz CT molecular complexity index is 450. The monoisotopic (exact) mass is 337 g/mol. The van der Waals surface area contributed by atoms with Gasteiger partial charge in [0.25, 0.3) is 0 Å². The van der Waals surface area contributed by atoms with E-state index in [4.69, 9.17) is 4.74 Å². The number of carbonyl (C=O) groups excluding carboxylic acids is 2. The first-order chi connectivity index (χ1) is 11.2. The summed E-state index contributed by atoms with van der Waals surface area (Å²) in [7, 11) is 0. The Hall–Kier alpha value is -1.06. The maximum Gasteiger partial charge on any atom is 0.410 e. The minimum Gasteiger partial charge on any atom is -0.444 e. The van der Waals surface area contributed by atoms with Crippen molar-refractivity contribution in [2.24, 2.45) is 17.3 Å². The van der Waals surface area contributed by atoms with Gasteiger partial charge in [0.15, 0.2) is 0 Å². The van der Waals surface area contributed by atoms with E-state index in [1.165, 1.54) is 32.1 Å². The number of nitrogens with zero attached hydrogens (tertiary/aromatic N) is 1. The number of rotatable bonds is 3. The van der Waals surface area contributed by atoms with Crippen LogP contribution in [0.3, 0.4) is 0 Å². The second kappa shape index (κ2) is 7.45. The molecule has 1 amide bonds. The standard InChI is InChI=1S/C20H35NO3/c1-15(2)17(22)20(16-9-7-6-8-10-16)11-13-21(14-12-20)18(23)24-19(3,4)5/h15-16H,6-14H2,1-5H3. The molecule has 1 aliphatic heterocycles. The van der Waals surface area contributed by atoms with Gasteiger partial charge in [0.2, 0.25) is 0 Å². The molecule has 0 aromatic rings. The zero-order valence-corrected chi connectivity index (χ0v) is 16.2. The van der Waals surface area contributed by atoms with Crippen molar-refractivity contribution in [1.29, 1.82) is 0 Å². The quantitative estimate of drug-likeness (QED) is 0.742. The highest BCUT2D eigenvalue weighted by atomic mass is 16.6. The van der Waals surface area contributed by atoms with Gasteiger partial charge in [0.05, 0.1) is 0 Å². The van der Waals surface area contributed by atoms with Crippen LogP contribution in [0.2, 0.25) is 0 Å². The number of carbonyl (C=O) groups is 2. The topological polar surface area (TPSA) is 46.6 Å². The third kappa shape index (κ3) is 4.31. The molecule has 1 saturated heterocycles. The zero-order chi connectivity index (χ0) is 18.0. The summed E-state index contributed by atoms with van der Waals surface area (Å²) in [6.07, 6.45) is 7.49. The predicted molar refractivity (Wildman–Crippen MR) is 95.9 cm³/mol. The minimum atomic E-state index is -0.470. The summed E-state index contributed by atoms with van der Waals surface area (Å²) < 4.78 is 5.50. The van der Waals surface area contributed by atoms with E-state index in [1.807, 2.05) is 34.6 Å². The molecule has 0 aromatic heterocycles. The molecule has 2 aliphatic rings. The fraction of sp³-hybridized carbons (Fsp3) is 0.900. The Morgan fingerprint density at radius 1 is 1.04 bits per heavy atom. The maximum atomic E-state index is 13.1. The highest BCUT2D eigenvalue weighted by molar-refractivity contribution is 5.87. The van der Waals surface area contributed by atoms with Gasteiger partial charge in [-0.05, 0) is 52.4 Å². The Kier molecular flexibility index (Phi) is 5.98. The van der Waals surface area contributed by atoms with Crippen molar-refractivity contribution in [3.8, 4) is 0 Å².